The van der Waals surface area contributed by atoms with E-state index in [1.807, 2.05) is 0 Å². The first-order chi connectivity index (χ1) is 15.6. The second kappa shape index (κ2) is 8.92. The number of amides is 1. The van der Waals surface area contributed by atoms with Crippen LogP contribution in [-0.2, 0) is 12.7 Å². The van der Waals surface area contributed by atoms with Gasteiger partial charge in [-0.2, -0.15) is 23.4 Å². The minimum atomic E-state index is -4.97. The fourth-order valence-corrected chi connectivity index (χ4v) is 3.73. The third kappa shape index (κ3) is 5.05. The number of nitrogens with one attached hydrogen (secondary N) is 2. The quantitative estimate of drug-likeness (QED) is 0.475. The Hall–Kier alpha value is -3.29. The van der Waals surface area contributed by atoms with Crippen molar-refractivity contribution < 1.29 is 31.9 Å². The lowest BCUT2D eigenvalue weighted by Crippen LogP contribution is -2.36. The number of aromatic nitrogens is 5. The third-order valence-corrected chi connectivity index (χ3v) is 5.28. The van der Waals surface area contributed by atoms with Gasteiger partial charge in [0.2, 0.25) is 0 Å². The van der Waals surface area contributed by atoms with Crippen LogP contribution in [-0.4, -0.2) is 54.0 Å². The first-order valence-electron chi connectivity index (χ1n) is 10.1. The summed E-state index contributed by atoms with van der Waals surface area (Å²) in [5.74, 6) is -0.599. The Kier molecular flexibility index (Phi) is 6.19. The molecular formula is C19H20F5N7O2. The van der Waals surface area contributed by atoms with Crippen LogP contribution in [0.5, 0.6) is 0 Å². The van der Waals surface area contributed by atoms with Crippen LogP contribution in [0.3, 0.4) is 0 Å². The Morgan fingerprint density at radius 2 is 2.03 bits per heavy atom. The predicted octanol–water partition coefficient (Wildman–Crippen LogP) is 3.18. The highest BCUT2D eigenvalue weighted by atomic mass is 19.4. The number of alkyl halides is 5. The van der Waals surface area contributed by atoms with Crippen LogP contribution in [0.4, 0.5) is 33.5 Å². The van der Waals surface area contributed by atoms with Crippen LogP contribution in [0.15, 0.2) is 24.7 Å². The summed E-state index contributed by atoms with van der Waals surface area (Å²) in [6.07, 6.45) is -1.83. The lowest BCUT2D eigenvalue weighted by atomic mass is 9.93. The molecule has 1 fully saturated rings. The number of nitrogens with zero attached hydrogens (tertiary/aromatic N) is 5. The molecule has 3 aromatic heterocycles. The van der Waals surface area contributed by atoms with Crippen molar-refractivity contribution in [3.63, 3.8) is 0 Å². The molecule has 0 radical (unpaired) electrons. The molecule has 178 valence electrons. The van der Waals surface area contributed by atoms with E-state index in [0.717, 1.165) is 25.5 Å². The first-order valence-corrected chi connectivity index (χ1v) is 10.1. The van der Waals surface area contributed by atoms with Gasteiger partial charge in [-0.1, -0.05) is 12.8 Å². The van der Waals surface area contributed by atoms with Gasteiger partial charge in [-0.25, -0.2) is 18.3 Å². The zero-order chi connectivity index (χ0) is 23.8. The van der Waals surface area contributed by atoms with Crippen molar-refractivity contribution in [2.24, 2.45) is 0 Å². The normalized spacial score (nSPS) is 19.2. The average Bonchev–Trinajstić information content (AvgIpc) is 3.33. The first kappa shape index (κ1) is 22.9. The van der Waals surface area contributed by atoms with Gasteiger partial charge in [0.1, 0.15) is 17.9 Å². The van der Waals surface area contributed by atoms with Gasteiger partial charge in [0, 0.05) is 12.4 Å². The maximum Gasteiger partial charge on any atom is 0.437 e. The lowest BCUT2D eigenvalue weighted by molar-refractivity contribution is -0.141. The second-order valence-corrected chi connectivity index (χ2v) is 7.70. The van der Waals surface area contributed by atoms with Gasteiger partial charge in [0.15, 0.2) is 11.3 Å². The molecule has 1 amide bonds. The Morgan fingerprint density at radius 1 is 1.27 bits per heavy atom. The minimum Gasteiger partial charge on any atom is -0.391 e. The van der Waals surface area contributed by atoms with Gasteiger partial charge >= 0.3 is 6.18 Å². The number of carbonyl (C=O) groups is 1. The molecule has 0 saturated heterocycles. The minimum absolute atomic E-state index is 0.0660. The molecule has 3 N–H and O–H groups in total. The highest BCUT2D eigenvalue weighted by molar-refractivity contribution is 6.08. The summed E-state index contributed by atoms with van der Waals surface area (Å²) in [5.41, 5.74) is -2.31. The monoisotopic (exact) mass is 473 g/mol. The molecule has 0 aliphatic heterocycles. The smallest absolute Gasteiger partial charge is 0.391 e. The van der Waals surface area contributed by atoms with E-state index in [9.17, 15) is 31.9 Å². The maximum atomic E-state index is 13.3. The molecule has 4 rings (SSSR count). The van der Waals surface area contributed by atoms with Gasteiger partial charge in [-0.15, -0.1) is 0 Å². The second-order valence-electron chi connectivity index (χ2n) is 7.70. The van der Waals surface area contributed by atoms with E-state index < -0.39 is 42.5 Å². The van der Waals surface area contributed by atoms with Crippen LogP contribution < -0.4 is 10.6 Å². The third-order valence-electron chi connectivity index (χ3n) is 5.28. The van der Waals surface area contributed by atoms with E-state index >= 15 is 0 Å². The number of hydrogen-bond acceptors (Lipinski definition) is 6. The number of anilines is 2. The topological polar surface area (TPSA) is 109 Å². The summed E-state index contributed by atoms with van der Waals surface area (Å²) in [4.78, 5) is 17.1. The number of aliphatic hydroxyl groups excluding tert-OH is 1. The maximum absolute atomic E-state index is 13.3. The van der Waals surface area contributed by atoms with E-state index in [-0.39, 0.29) is 17.3 Å². The van der Waals surface area contributed by atoms with Crippen LogP contribution in [0.2, 0.25) is 0 Å². The predicted molar refractivity (Wildman–Crippen MR) is 106 cm³/mol. The summed E-state index contributed by atoms with van der Waals surface area (Å²) >= 11 is 0. The van der Waals surface area contributed by atoms with Gasteiger partial charge in [-0.05, 0) is 18.9 Å². The lowest BCUT2D eigenvalue weighted by Gasteiger charge is -2.28. The van der Waals surface area contributed by atoms with Gasteiger partial charge in [-0.3, -0.25) is 9.48 Å². The molecule has 14 heteroatoms. The Morgan fingerprint density at radius 3 is 2.73 bits per heavy atom. The highest BCUT2D eigenvalue weighted by Gasteiger charge is 2.38. The van der Waals surface area contributed by atoms with Crippen molar-refractivity contribution in [2.75, 3.05) is 10.6 Å². The molecule has 1 aliphatic carbocycles. The number of halogens is 5. The molecule has 33 heavy (non-hydrogen) atoms. The Balaban J connectivity index is 1.59. The molecular weight excluding hydrogens is 453 g/mol. The molecule has 3 aromatic rings. The van der Waals surface area contributed by atoms with Crippen LogP contribution in [0.1, 0.15) is 41.7 Å². The van der Waals surface area contributed by atoms with Crippen molar-refractivity contribution >= 4 is 23.1 Å². The average molecular weight is 473 g/mol. The van der Waals surface area contributed by atoms with Crippen molar-refractivity contribution in [1.29, 1.82) is 0 Å². The number of rotatable bonds is 6. The SMILES string of the molecule is O=C(Nc1cn(CC(F)F)nc1C(F)(F)F)c1cnn2ccc(N[C@@H]3CCCC[C@@H]3O)nc12. The summed E-state index contributed by atoms with van der Waals surface area (Å²) in [6, 6.07) is 1.38. The molecule has 0 bridgehead atoms. The van der Waals surface area contributed by atoms with E-state index in [1.165, 1.54) is 10.7 Å². The highest BCUT2D eigenvalue weighted by Crippen LogP contribution is 2.34. The standard InChI is InChI=1S/C19H20F5N7O2/c20-14(21)9-30-8-12(16(29-30)19(22,23)24)27-18(33)10-7-25-31-6-5-15(28-17(10)31)26-11-3-1-2-4-13(11)32/h5-8,11,13-14,32H,1-4,9H2,(H,26,28)(H,27,33)/t11-,13+/m1/s1. The Labute approximate surface area is 183 Å². The molecule has 0 aromatic carbocycles. The fourth-order valence-electron chi connectivity index (χ4n) is 3.73. The van der Waals surface area contributed by atoms with Gasteiger partial charge in [0.25, 0.3) is 12.3 Å². The fraction of sp³-hybridized carbons (Fsp3) is 0.474. The summed E-state index contributed by atoms with van der Waals surface area (Å²) in [5, 5.41) is 22.4. The largest absolute Gasteiger partial charge is 0.437 e. The van der Waals surface area contributed by atoms with Crippen molar-refractivity contribution in [2.45, 2.75) is 57.0 Å². The zero-order valence-electron chi connectivity index (χ0n) is 17.1. The van der Waals surface area contributed by atoms with E-state index in [2.05, 4.69) is 25.8 Å². The van der Waals surface area contributed by atoms with Gasteiger partial charge < -0.3 is 15.7 Å². The van der Waals surface area contributed by atoms with Crippen LogP contribution >= 0.6 is 0 Å². The number of carbonyl (C=O) groups excluding carboxylic acids is 1. The molecule has 1 aliphatic rings. The van der Waals surface area contributed by atoms with Crippen molar-refractivity contribution in [3.8, 4) is 0 Å². The molecule has 1 saturated carbocycles. The van der Waals surface area contributed by atoms with Crippen molar-refractivity contribution in [3.05, 3.63) is 35.9 Å². The molecule has 9 nitrogen and oxygen atoms in total. The molecule has 3 heterocycles. The number of aliphatic hydroxyl groups is 1. The van der Waals surface area contributed by atoms with E-state index in [0.29, 0.717) is 23.1 Å². The van der Waals surface area contributed by atoms with Gasteiger partial charge in [0.05, 0.1) is 24.0 Å². The summed E-state index contributed by atoms with van der Waals surface area (Å²) in [7, 11) is 0. The summed E-state index contributed by atoms with van der Waals surface area (Å²) in [6.45, 7) is -1.06. The number of fused-ring (bicyclic) bond motifs is 1. The Bertz CT molecular complexity index is 1140. The molecule has 0 spiro atoms. The van der Waals surface area contributed by atoms with E-state index in [1.54, 1.807) is 6.07 Å². The van der Waals surface area contributed by atoms with Crippen LogP contribution in [0, 0.1) is 0 Å². The number of hydrogen-bond donors (Lipinski definition) is 3. The van der Waals surface area contributed by atoms with E-state index in [4.69, 9.17) is 0 Å². The zero-order valence-corrected chi connectivity index (χ0v) is 17.1. The van der Waals surface area contributed by atoms with Crippen LogP contribution in [0.25, 0.3) is 5.65 Å². The molecule has 0 unspecified atom stereocenters. The van der Waals surface area contributed by atoms with Crippen molar-refractivity contribution in [1.82, 2.24) is 24.4 Å². The molecule has 2 atom stereocenters. The summed E-state index contributed by atoms with van der Waals surface area (Å²) < 4.78 is 66.7.